The second kappa shape index (κ2) is 4.80. The van der Waals surface area contributed by atoms with Gasteiger partial charge in [0.1, 0.15) is 5.75 Å². The molecule has 0 aromatic heterocycles. The molecule has 2 rings (SSSR count). The highest BCUT2D eigenvalue weighted by Gasteiger charge is 2.00. The van der Waals surface area contributed by atoms with Gasteiger partial charge in [-0.3, -0.25) is 0 Å². The summed E-state index contributed by atoms with van der Waals surface area (Å²) >= 11 is 0. The van der Waals surface area contributed by atoms with E-state index in [0.29, 0.717) is 6.61 Å². The van der Waals surface area contributed by atoms with E-state index in [1.807, 2.05) is 37.3 Å². The lowest BCUT2D eigenvalue weighted by molar-refractivity contribution is 0.102. The van der Waals surface area contributed by atoms with Crippen LogP contribution in [0.15, 0.2) is 42.5 Å². The fourth-order valence-corrected chi connectivity index (χ4v) is 1.45. The lowest BCUT2D eigenvalue weighted by Gasteiger charge is -2.07. The molecule has 0 aliphatic carbocycles. The molecule has 0 heterocycles. The Morgan fingerprint density at radius 1 is 1.07 bits per heavy atom. The molecule has 0 bridgehead atoms. The van der Waals surface area contributed by atoms with Crippen molar-refractivity contribution in [2.45, 2.75) is 6.92 Å². The number of hydrogen-bond acceptors (Lipinski definition) is 2. The summed E-state index contributed by atoms with van der Waals surface area (Å²) in [4.78, 5) is 0. The number of rotatable bonds is 4. The Kier molecular flexibility index (Phi) is 3.20. The minimum absolute atomic E-state index is 0.616. The van der Waals surface area contributed by atoms with Crippen LogP contribution in [-0.4, -0.2) is 6.61 Å². The minimum Gasteiger partial charge on any atom is -0.457 e. The van der Waals surface area contributed by atoms with Crippen molar-refractivity contribution in [1.82, 2.24) is 0 Å². The van der Waals surface area contributed by atoms with Crippen molar-refractivity contribution in [3.05, 3.63) is 49.3 Å². The van der Waals surface area contributed by atoms with Gasteiger partial charge in [0.2, 0.25) is 0 Å². The van der Waals surface area contributed by atoms with Gasteiger partial charge in [-0.1, -0.05) is 36.4 Å². The van der Waals surface area contributed by atoms with Gasteiger partial charge >= 0.3 is 0 Å². The molecule has 0 saturated heterocycles. The first-order valence-electron chi connectivity index (χ1n) is 4.99. The third-order valence-electron chi connectivity index (χ3n) is 2.16. The summed E-state index contributed by atoms with van der Waals surface area (Å²) in [6.07, 6.45) is 0. The molecule has 0 atom stereocenters. The maximum Gasteiger partial charge on any atom is 0.263 e. The number of hydrogen-bond donors (Lipinski definition) is 0. The highest BCUT2D eigenvalue weighted by atomic mass is 16.7. The largest absolute Gasteiger partial charge is 0.457 e. The molecule has 0 unspecified atom stereocenters. The van der Waals surface area contributed by atoms with Crippen LogP contribution in [0.1, 0.15) is 6.92 Å². The van der Waals surface area contributed by atoms with E-state index in [0.717, 1.165) is 11.1 Å². The van der Waals surface area contributed by atoms with Crippen LogP contribution in [0.5, 0.6) is 5.75 Å². The Bertz CT molecular complexity index is 432. The van der Waals surface area contributed by atoms with Gasteiger partial charge in [-0.15, -0.1) is 0 Å². The van der Waals surface area contributed by atoms with Crippen LogP contribution in [0.3, 0.4) is 0 Å². The molecule has 2 aromatic carbocycles. The van der Waals surface area contributed by atoms with Crippen molar-refractivity contribution in [1.29, 1.82) is 0 Å². The average molecular weight is 201 g/mol. The second-order valence-corrected chi connectivity index (χ2v) is 3.15. The Balaban J connectivity index is 2.26. The van der Waals surface area contributed by atoms with Gasteiger partial charge in [0.15, 0.2) is 0 Å². The fourth-order valence-electron chi connectivity index (χ4n) is 1.45. The first kappa shape index (κ1) is 9.99. The summed E-state index contributed by atoms with van der Waals surface area (Å²) in [7, 11) is 0. The summed E-state index contributed by atoms with van der Waals surface area (Å²) in [5.41, 5.74) is 0. The number of benzene rings is 2. The maximum absolute atomic E-state index is 5.41. The molecule has 0 aliphatic heterocycles. The van der Waals surface area contributed by atoms with Gasteiger partial charge in [0.25, 0.3) is 6.79 Å². The lowest BCUT2D eigenvalue weighted by atomic mass is 10.1. The van der Waals surface area contributed by atoms with Crippen molar-refractivity contribution in [3.63, 3.8) is 0 Å². The zero-order valence-electron chi connectivity index (χ0n) is 8.64. The molecular weight excluding hydrogens is 188 g/mol. The molecule has 0 aliphatic rings. The molecule has 2 heteroatoms. The quantitative estimate of drug-likeness (QED) is 0.706. The lowest BCUT2D eigenvalue weighted by Crippen LogP contribution is -1.95. The smallest absolute Gasteiger partial charge is 0.263 e. The molecule has 0 amide bonds. The number of ether oxygens (including phenoxy) is 2. The highest BCUT2D eigenvalue weighted by Crippen LogP contribution is 2.25. The van der Waals surface area contributed by atoms with Crippen LogP contribution in [0, 0.1) is 6.79 Å². The van der Waals surface area contributed by atoms with Crippen molar-refractivity contribution in [2.75, 3.05) is 6.61 Å². The van der Waals surface area contributed by atoms with Gasteiger partial charge in [-0.05, 0) is 18.4 Å². The molecule has 0 saturated carbocycles. The van der Waals surface area contributed by atoms with E-state index in [4.69, 9.17) is 9.47 Å². The van der Waals surface area contributed by atoms with Crippen molar-refractivity contribution < 1.29 is 9.47 Å². The molecule has 15 heavy (non-hydrogen) atoms. The van der Waals surface area contributed by atoms with Crippen molar-refractivity contribution in [2.24, 2.45) is 0 Å². The zero-order valence-corrected chi connectivity index (χ0v) is 8.64. The monoisotopic (exact) mass is 201 g/mol. The fraction of sp³-hybridized carbons (Fsp3) is 0.154. The Hall–Kier alpha value is -1.54. The van der Waals surface area contributed by atoms with Crippen molar-refractivity contribution in [3.8, 4) is 5.75 Å². The second-order valence-electron chi connectivity index (χ2n) is 3.15. The summed E-state index contributed by atoms with van der Waals surface area (Å²) in [5.74, 6) is 0.821. The summed E-state index contributed by atoms with van der Waals surface area (Å²) in [6, 6.07) is 14.1. The van der Waals surface area contributed by atoms with Crippen molar-refractivity contribution >= 4 is 10.8 Å². The van der Waals surface area contributed by atoms with Gasteiger partial charge in [-0.2, -0.15) is 0 Å². The maximum atomic E-state index is 5.41. The van der Waals surface area contributed by atoms with Crippen LogP contribution in [0.4, 0.5) is 0 Å². The molecule has 0 spiro atoms. The molecule has 2 aromatic rings. The van der Waals surface area contributed by atoms with Crippen LogP contribution in [-0.2, 0) is 4.74 Å². The molecule has 1 radical (unpaired) electrons. The van der Waals surface area contributed by atoms with E-state index < -0.39 is 0 Å². The van der Waals surface area contributed by atoms with E-state index >= 15 is 0 Å². The zero-order chi connectivity index (χ0) is 10.5. The number of fused-ring (bicyclic) bond motifs is 1. The highest BCUT2D eigenvalue weighted by molar-refractivity contribution is 5.88. The predicted molar refractivity (Wildman–Crippen MR) is 60.5 cm³/mol. The Labute approximate surface area is 89.4 Å². The molecular formula is C13H13O2. The SMILES string of the molecule is CCO[CH]Oc1cccc2ccccc12. The van der Waals surface area contributed by atoms with E-state index in [-0.39, 0.29) is 0 Å². The molecule has 0 fully saturated rings. The van der Waals surface area contributed by atoms with Crippen LogP contribution in [0.2, 0.25) is 0 Å². The minimum atomic E-state index is 0.616. The van der Waals surface area contributed by atoms with Gasteiger partial charge in [0, 0.05) is 12.0 Å². The summed E-state index contributed by atoms with van der Waals surface area (Å²) < 4.78 is 10.5. The average Bonchev–Trinajstić information content (AvgIpc) is 2.30. The van der Waals surface area contributed by atoms with E-state index in [2.05, 4.69) is 12.1 Å². The molecule has 77 valence electrons. The first-order chi connectivity index (χ1) is 7.42. The Morgan fingerprint density at radius 2 is 1.87 bits per heavy atom. The standard InChI is InChI=1S/C13H13O2/c1-2-14-10-15-13-9-5-7-11-6-3-4-8-12(11)13/h3-10H,2H2,1H3. The third-order valence-corrected chi connectivity index (χ3v) is 2.16. The Morgan fingerprint density at radius 3 is 2.73 bits per heavy atom. The predicted octanol–water partition coefficient (Wildman–Crippen LogP) is 3.37. The van der Waals surface area contributed by atoms with Gasteiger partial charge in [0.05, 0.1) is 0 Å². The first-order valence-corrected chi connectivity index (χ1v) is 4.99. The summed E-state index contributed by atoms with van der Waals surface area (Å²) in [6.45, 7) is 3.91. The van der Waals surface area contributed by atoms with Gasteiger partial charge in [-0.25, -0.2) is 0 Å². The third kappa shape index (κ3) is 2.28. The van der Waals surface area contributed by atoms with Crippen LogP contribution in [0.25, 0.3) is 10.8 Å². The topological polar surface area (TPSA) is 18.5 Å². The molecule has 0 N–H and O–H groups in total. The summed E-state index contributed by atoms with van der Waals surface area (Å²) in [5, 5.41) is 2.26. The van der Waals surface area contributed by atoms with Crippen LogP contribution < -0.4 is 4.74 Å². The van der Waals surface area contributed by atoms with E-state index in [1.54, 1.807) is 0 Å². The van der Waals surface area contributed by atoms with E-state index in [9.17, 15) is 0 Å². The van der Waals surface area contributed by atoms with Gasteiger partial charge < -0.3 is 9.47 Å². The van der Waals surface area contributed by atoms with Crippen LogP contribution >= 0.6 is 0 Å². The normalized spacial score (nSPS) is 10.5. The molecule has 2 nitrogen and oxygen atoms in total. The van der Waals surface area contributed by atoms with E-state index in [1.165, 1.54) is 12.2 Å².